The van der Waals surface area contributed by atoms with E-state index in [1.165, 1.54) is 0 Å². The highest BCUT2D eigenvalue weighted by Crippen LogP contribution is 2.29. The Kier molecular flexibility index (Phi) is 2.23. The second kappa shape index (κ2) is 3.28. The van der Waals surface area contributed by atoms with Gasteiger partial charge < -0.3 is 5.73 Å². The number of hydrogen-bond acceptors (Lipinski definition) is 2. The van der Waals surface area contributed by atoms with Crippen molar-refractivity contribution in [1.82, 2.24) is 9.78 Å². The molecule has 3 nitrogen and oxygen atoms in total. The summed E-state index contributed by atoms with van der Waals surface area (Å²) in [5.41, 5.74) is 7.44. The molecule has 0 radical (unpaired) electrons. The molecule has 1 aromatic heterocycles. The van der Waals surface area contributed by atoms with Crippen LogP contribution in [0.15, 0.2) is 22.8 Å². The fourth-order valence-electron chi connectivity index (χ4n) is 1.46. The van der Waals surface area contributed by atoms with Crippen molar-refractivity contribution in [3.05, 3.63) is 22.8 Å². The van der Waals surface area contributed by atoms with Gasteiger partial charge in [-0.3, -0.25) is 4.68 Å². The van der Waals surface area contributed by atoms with Gasteiger partial charge in [0.15, 0.2) is 0 Å². The molecule has 0 amide bonds. The third-order valence-corrected chi connectivity index (χ3v) is 2.98. The molecule has 0 fully saturated rings. The van der Waals surface area contributed by atoms with Crippen LogP contribution in [0.4, 0.5) is 5.69 Å². The van der Waals surface area contributed by atoms with Crippen molar-refractivity contribution in [3.63, 3.8) is 0 Å². The summed E-state index contributed by atoms with van der Waals surface area (Å²) in [6.07, 6.45) is 0. The van der Waals surface area contributed by atoms with E-state index in [9.17, 15) is 0 Å². The van der Waals surface area contributed by atoms with E-state index >= 15 is 0 Å². The molecule has 4 heteroatoms. The Balaban J connectivity index is 2.80. The van der Waals surface area contributed by atoms with Crippen LogP contribution in [0.25, 0.3) is 10.9 Å². The van der Waals surface area contributed by atoms with E-state index in [1.807, 2.05) is 22.9 Å². The van der Waals surface area contributed by atoms with Gasteiger partial charge in [0.25, 0.3) is 0 Å². The summed E-state index contributed by atoms with van der Waals surface area (Å²) in [6.45, 7) is 4.18. The molecular formula is C10H12BrN3. The first-order chi connectivity index (χ1) is 6.61. The van der Waals surface area contributed by atoms with E-state index in [1.54, 1.807) is 0 Å². The minimum absolute atomic E-state index is 0.330. The minimum atomic E-state index is 0.330. The van der Waals surface area contributed by atoms with Gasteiger partial charge in [-0.05, 0) is 41.9 Å². The van der Waals surface area contributed by atoms with Crippen LogP contribution in [0.5, 0.6) is 0 Å². The zero-order valence-corrected chi connectivity index (χ0v) is 9.75. The van der Waals surface area contributed by atoms with Crippen LogP contribution in [0, 0.1) is 0 Å². The topological polar surface area (TPSA) is 43.8 Å². The van der Waals surface area contributed by atoms with Gasteiger partial charge in [0, 0.05) is 11.4 Å². The molecule has 0 bridgehead atoms. The average Bonchev–Trinajstić information content (AvgIpc) is 2.46. The van der Waals surface area contributed by atoms with Gasteiger partial charge >= 0.3 is 0 Å². The lowest BCUT2D eigenvalue weighted by Gasteiger charge is -2.05. The number of rotatable bonds is 1. The van der Waals surface area contributed by atoms with E-state index < -0.39 is 0 Å². The van der Waals surface area contributed by atoms with Crippen LogP contribution in [0.3, 0.4) is 0 Å². The van der Waals surface area contributed by atoms with E-state index in [4.69, 9.17) is 5.73 Å². The van der Waals surface area contributed by atoms with E-state index in [-0.39, 0.29) is 0 Å². The van der Waals surface area contributed by atoms with Gasteiger partial charge in [0.2, 0.25) is 0 Å². The Bertz CT molecular complexity index is 473. The monoisotopic (exact) mass is 253 g/mol. The van der Waals surface area contributed by atoms with Crippen LogP contribution < -0.4 is 5.73 Å². The highest BCUT2D eigenvalue weighted by atomic mass is 79.9. The number of nitrogens with zero attached hydrogens (tertiary/aromatic N) is 2. The molecule has 2 aromatic rings. The molecule has 0 spiro atoms. The Morgan fingerprint density at radius 2 is 2.14 bits per heavy atom. The third-order valence-electron chi connectivity index (χ3n) is 2.19. The first-order valence-electron chi connectivity index (χ1n) is 4.53. The Morgan fingerprint density at radius 3 is 2.71 bits per heavy atom. The largest absolute Gasteiger partial charge is 0.397 e. The lowest BCUT2D eigenvalue weighted by Crippen LogP contribution is -2.02. The molecule has 14 heavy (non-hydrogen) atoms. The quantitative estimate of drug-likeness (QED) is 0.795. The fraction of sp³-hybridized carbons (Fsp3) is 0.300. The number of benzene rings is 1. The van der Waals surface area contributed by atoms with Crippen molar-refractivity contribution >= 4 is 32.5 Å². The summed E-state index contributed by atoms with van der Waals surface area (Å²) in [4.78, 5) is 0. The number of halogens is 1. The van der Waals surface area contributed by atoms with Crippen LogP contribution >= 0.6 is 15.9 Å². The smallest absolute Gasteiger partial charge is 0.116 e. The van der Waals surface area contributed by atoms with Crippen molar-refractivity contribution in [2.45, 2.75) is 19.9 Å². The summed E-state index contributed by atoms with van der Waals surface area (Å²) >= 11 is 3.53. The summed E-state index contributed by atoms with van der Waals surface area (Å²) < 4.78 is 2.93. The molecule has 0 aliphatic carbocycles. The summed E-state index contributed by atoms with van der Waals surface area (Å²) in [6, 6.07) is 6.15. The Morgan fingerprint density at radius 1 is 1.43 bits per heavy atom. The molecule has 0 aliphatic rings. The second-order valence-electron chi connectivity index (χ2n) is 3.57. The summed E-state index contributed by atoms with van der Waals surface area (Å²) in [7, 11) is 0. The first kappa shape index (κ1) is 9.52. The standard InChI is InChI=1S/C10H12BrN3/c1-6(2)14-10(11)7-4-3-5-8(12)9(7)13-14/h3-6H,12H2,1-2H3. The predicted molar refractivity (Wildman–Crippen MR) is 62.2 cm³/mol. The minimum Gasteiger partial charge on any atom is -0.397 e. The van der Waals surface area contributed by atoms with Gasteiger partial charge in [-0.1, -0.05) is 6.07 Å². The molecule has 0 unspecified atom stereocenters. The maximum absolute atomic E-state index is 5.84. The number of fused-ring (bicyclic) bond motifs is 1. The van der Waals surface area contributed by atoms with E-state index in [0.29, 0.717) is 6.04 Å². The molecule has 0 saturated heterocycles. The molecular weight excluding hydrogens is 242 g/mol. The van der Waals surface area contributed by atoms with Crippen molar-refractivity contribution < 1.29 is 0 Å². The molecule has 1 heterocycles. The van der Waals surface area contributed by atoms with Crippen molar-refractivity contribution in [2.75, 3.05) is 5.73 Å². The molecule has 0 atom stereocenters. The maximum Gasteiger partial charge on any atom is 0.116 e. The zero-order chi connectivity index (χ0) is 10.3. The number of hydrogen-bond donors (Lipinski definition) is 1. The van der Waals surface area contributed by atoms with E-state index in [2.05, 4.69) is 34.9 Å². The summed E-state index contributed by atoms with van der Waals surface area (Å²) in [5.74, 6) is 0. The summed E-state index contributed by atoms with van der Waals surface area (Å²) in [5, 5.41) is 5.52. The normalized spacial score (nSPS) is 11.4. The molecule has 0 saturated carbocycles. The van der Waals surface area contributed by atoms with Gasteiger partial charge in [-0.15, -0.1) is 0 Å². The lowest BCUT2D eigenvalue weighted by molar-refractivity contribution is 0.527. The van der Waals surface area contributed by atoms with Gasteiger partial charge in [0.05, 0.1) is 5.69 Å². The Hall–Kier alpha value is -1.03. The molecule has 2 rings (SSSR count). The van der Waals surface area contributed by atoms with Crippen LogP contribution in [0.2, 0.25) is 0 Å². The average molecular weight is 254 g/mol. The van der Waals surface area contributed by atoms with Crippen LogP contribution in [-0.4, -0.2) is 9.78 Å². The van der Waals surface area contributed by atoms with Crippen molar-refractivity contribution in [2.24, 2.45) is 0 Å². The van der Waals surface area contributed by atoms with Crippen molar-refractivity contribution in [3.8, 4) is 0 Å². The number of anilines is 1. The van der Waals surface area contributed by atoms with Gasteiger partial charge in [-0.2, -0.15) is 5.10 Å². The Labute approximate surface area is 91.0 Å². The van der Waals surface area contributed by atoms with Crippen LogP contribution in [-0.2, 0) is 0 Å². The highest BCUT2D eigenvalue weighted by molar-refractivity contribution is 9.10. The molecule has 74 valence electrons. The van der Waals surface area contributed by atoms with Gasteiger partial charge in [-0.25, -0.2) is 0 Å². The number of nitrogens with two attached hydrogens (primary N) is 1. The number of nitrogen functional groups attached to an aromatic ring is 1. The predicted octanol–water partition coefficient (Wildman–Crippen LogP) is 2.96. The molecule has 0 aliphatic heterocycles. The third kappa shape index (κ3) is 1.30. The molecule has 2 N–H and O–H groups in total. The maximum atomic E-state index is 5.84. The molecule has 1 aromatic carbocycles. The SMILES string of the molecule is CC(C)n1nc2c(N)cccc2c1Br. The highest BCUT2D eigenvalue weighted by Gasteiger charge is 2.11. The number of aromatic nitrogens is 2. The van der Waals surface area contributed by atoms with Gasteiger partial charge in [0.1, 0.15) is 10.1 Å². The first-order valence-corrected chi connectivity index (χ1v) is 5.32. The van der Waals surface area contributed by atoms with Crippen molar-refractivity contribution in [1.29, 1.82) is 0 Å². The zero-order valence-electron chi connectivity index (χ0n) is 8.16. The van der Waals surface area contributed by atoms with Crippen LogP contribution in [0.1, 0.15) is 19.9 Å². The van der Waals surface area contributed by atoms with E-state index in [0.717, 1.165) is 21.2 Å². The second-order valence-corrected chi connectivity index (χ2v) is 4.32. The lowest BCUT2D eigenvalue weighted by atomic mass is 10.2. The fourth-order valence-corrected chi connectivity index (χ4v) is 2.27.